The first-order chi connectivity index (χ1) is 8.75. The van der Waals surface area contributed by atoms with Crippen molar-refractivity contribution in [3.05, 3.63) is 23.5 Å². The van der Waals surface area contributed by atoms with Crippen LogP contribution in [0, 0.1) is 6.92 Å². The number of rotatable bonds is 5. The zero-order valence-corrected chi connectivity index (χ0v) is 12.9. The molecule has 0 aliphatic rings. The van der Waals surface area contributed by atoms with Gasteiger partial charge in [-0.3, -0.25) is 0 Å². The van der Waals surface area contributed by atoms with Gasteiger partial charge in [0.1, 0.15) is 11.6 Å². The Morgan fingerprint density at radius 2 is 1.95 bits per heavy atom. The molecule has 0 unspecified atom stereocenters. The van der Waals surface area contributed by atoms with Crippen molar-refractivity contribution in [3.63, 3.8) is 0 Å². The molecule has 1 aromatic rings. The first kappa shape index (κ1) is 15.5. The number of hydrogen-bond acceptors (Lipinski definition) is 4. The first-order valence-corrected chi connectivity index (χ1v) is 6.59. The van der Waals surface area contributed by atoms with E-state index in [1.54, 1.807) is 0 Å². The van der Waals surface area contributed by atoms with Gasteiger partial charge in [0, 0.05) is 18.9 Å². The van der Waals surface area contributed by atoms with Gasteiger partial charge >= 0.3 is 0 Å². The lowest BCUT2D eigenvalue weighted by Gasteiger charge is -2.20. The van der Waals surface area contributed by atoms with Gasteiger partial charge in [-0.25, -0.2) is 4.98 Å². The molecule has 0 aromatic carbocycles. The summed E-state index contributed by atoms with van der Waals surface area (Å²) < 4.78 is 5.77. The quantitative estimate of drug-likeness (QED) is 0.826. The van der Waals surface area contributed by atoms with Gasteiger partial charge in [0.05, 0.1) is 12.2 Å². The average molecular weight is 263 g/mol. The van der Waals surface area contributed by atoms with Gasteiger partial charge < -0.3 is 10.1 Å². The van der Waals surface area contributed by atoms with Crippen LogP contribution >= 0.6 is 0 Å². The molecule has 0 spiro atoms. The topological polar surface area (TPSA) is 47.0 Å². The molecule has 0 saturated carbocycles. The van der Waals surface area contributed by atoms with Gasteiger partial charge in [-0.15, -0.1) is 6.58 Å². The van der Waals surface area contributed by atoms with Crippen molar-refractivity contribution in [3.8, 4) is 5.88 Å². The molecule has 0 amide bonds. The number of aromatic nitrogens is 2. The summed E-state index contributed by atoms with van der Waals surface area (Å²) in [4.78, 5) is 9.09. The van der Waals surface area contributed by atoms with Crippen LogP contribution in [0.25, 0.3) is 0 Å². The number of anilines is 1. The molecule has 0 bridgehead atoms. The fraction of sp³-hybridized carbons (Fsp3) is 0.600. The van der Waals surface area contributed by atoms with Crippen LogP contribution in [0.15, 0.2) is 12.2 Å². The van der Waals surface area contributed by atoms with E-state index in [-0.39, 0.29) is 5.41 Å². The molecular weight excluding hydrogens is 238 g/mol. The van der Waals surface area contributed by atoms with Crippen molar-refractivity contribution in [2.24, 2.45) is 0 Å². The van der Waals surface area contributed by atoms with Crippen LogP contribution < -0.4 is 10.1 Å². The second kappa shape index (κ2) is 6.04. The Labute approximate surface area is 116 Å². The van der Waals surface area contributed by atoms with Gasteiger partial charge in [-0.1, -0.05) is 26.3 Å². The van der Waals surface area contributed by atoms with Gasteiger partial charge in [-0.2, -0.15) is 4.98 Å². The summed E-state index contributed by atoms with van der Waals surface area (Å²) in [6.07, 6.45) is 0.836. The molecule has 0 atom stereocenters. The zero-order valence-electron chi connectivity index (χ0n) is 12.9. The highest BCUT2D eigenvalue weighted by Crippen LogP contribution is 2.27. The van der Waals surface area contributed by atoms with Crippen molar-refractivity contribution in [1.82, 2.24) is 9.97 Å². The fourth-order valence-electron chi connectivity index (χ4n) is 1.54. The van der Waals surface area contributed by atoms with Crippen LogP contribution in [0.4, 0.5) is 5.82 Å². The summed E-state index contributed by atoms with van der Waals surface area (Å²) in [7, 11) is 1.86. The highest BCUT2D eigenvalue weighted by Gasteiger charge is 2.21. The van der Waals surface area contributed by atoms with E-state index in [9.17, 15) is 0 Å². The minimum atomic E-state index is -0.105. The normalized spacial score (nSPS) is 11.3. The van der Waals surface area contributed by atoms with Gasteiger partial charge in [0.25, 0.3) is 0 Å². The van der Waals surface area contributed by atoms with E-state index in [1.807, 2.05) is 20.9 Å². The van der Waals surface area contributed by atoms with E-state index in [0.29, 0.717) is 12.5 Å². The highest BCUT2D eigenvalue weighted by atomic mass is 16.5. The van der Waals surface area contributed by atoms with E-state index in [2.05, 4.69) is 42.6 Å². The summed E-state index contributed by atoms with van der Waals surface area (Å²) in [5.41, 5.74) is 1.94. The molecule has 1 rings (SSSR count). The van der Waals surface area contributed by atoms with E-state index in [1.165, 1.54) is 0 Å². The van der Waals surface area contributed by atoms with Crippen LogP contribution in [-0.2, 0) is 5.41 Å². The van der Waals surface area contributed by atoms with Crippen LogP contribution in [0.2, 0.25) is 0 Å². The maximum absolute atomic E-state index is 5.77. The molecule has 4 heteroatoms. The van der Waals surface area contributed by atoms with Crippen LogP contribution in [-0.4, -0.2) is 23.6 Å². The number of nitrogens with one attached hydrogen (secondary N) is 1. The summed E-state index contributed by atoms with van der Waals surface area (Å²) in [6.45, 7) is 14.7. The van der Waals surface area contributed by atoms with Gasteiger partial charge in [-0.05, 0) is 13.8 Å². The SMILES string of the molecule is C=C(C)CCOc1nc(C(C)(C)C)nc(NC)c1C. The minimum absolute atomic E-state index is 0.105. The highest BCUT2D eigenvalue weighted by molar-refractivity contribution is 5.48. The van der Waals surface area contributed by atoms with Crippen molar-refractivity contribution in [2.45, 2.75) is 46.5 Å². The molecule has 106 valence electrons. The van der Waals surface area contributed by atoms with Crippen LogP contribution in [0.5, 0.6) is 5.88 Å². The molecule has 0 radical (unpaired) electrons. The third kappa shape index (κ3) is 4.23. The molecule has 0 aliphatic heterocycles. The number of ether oxygens (including phenoxy) is 1. The fourth-order valence-corrected chi connectivity index (χ4v) is 1.54. The van der Waals surface area contributed by atoms with E-state index in [4.69, 9.17) is 4.74 Å². The van der Waals surface area contributed by atoms with Gasteiger partial charge in [0.15, 0.2) is 0 Å². The third-order valence-corrected chi connectivity index (χ3v) is 2.78. The summed E-state index contributed by atoms with van der Waals surface area (Å²) in [6, 6.07) is 0. The Morgan fingerprint density at radius 1 is 1.32 bits per heavy atom. The Hall–Kier alpha value is -1.58. The first-order valence-electron chi connectivity index (χ1n) is 6.59. The van der Waals surface area contributed by atoms with Crippen molar-refractivity contribution in [2.75, 3.05) is 19.0 Å². The Bertz CT molecular complexity index is 461. The van der Waals surface area contributed by atoms with Crippen molar-refractivity contribution in [1.29, 1.82) is 0 Å². The molecule has 1 aromatic heterocycles. The predicted octanol–water partition coefficient (Wildman–Crippen LogP) is 3.47. The van der Waals surface area contributed by atoms with Crippen molar-refractivity contribution < 1.29 is 4.74 Å². The smallest absolute Gasteiger partial charge is 0.221 e. The third-order valence-electron chi connectivity index (χ3n) is 2.78. The maximum atomic E-state index is 5.77. The maximum Gasteiger partial charge on any atom is 0.221 e. The second-order valence-corrected chi connectivity index (χ2v) is 5.88. The Kier molecular flexibility index (Phi) is 4.92. The van der Waals surface area contributed by atoms with E-state index < -0.39 is 0 Å². The standard InChI is InChI=1S/C15H25N3O/c1-10(2)8-9-19-13-11(3)12(16-7)17-14(18-13)15(4,5)6/h1,8-9H2,2-7H3,(H,16,17,18). The average Bonchev–Trinajstić information content (AvgIpc) is 2.29. The van der Waals surface area contributed by atoms with Crippen LogP contribution in [0.3, 0.4) is 0 Å². The predicted molar refractivity (Wildman–Crippen MR) is 79.9 cm³/mol. The number of nitrogens with zero attached hydrogens (tertiary/aromatic N) is 2. The molecule has 0 saturated heterocycles. The molecule has 0 fully saturated rings. The minimum Gasteiger partial charge on any atom is -0.477 e. The molecule has 4 nitrogen and oxygen atoms in total. The molecule has 19 heavy (non-hydrogen) atoms. The van der Waals surface area contributed by atoms with E-state index >= 15 is 0 Å². The summed E-state index contributed by atoms with van der Waals surface area (Å²) in [5.74, 6) is 2.27. The molecule has 0 aliphatic carbocycles. The Morgan fingerprint density at radius 3 is 2.42 bits per heavy atom. The lowest BCUT2D eigenvalue weighted by atomic mass is 9.95. The lowest BCUT2D eigenvalue weighted by molar-refractivity contribution is 0.303. The largest absolute Gasteiger partial charge is 0.477 e. The lowest BCUT2D eigenvalue weighted by Crippen LogP contribution is -2.18. The molecule has 1 heterocycles. The second-order valence-electron chi connectivity index (χ2n) is 5.88. The Balaban J connectivity index is 3.04. The van der Waals surface area contributed by atoms with Gasteiger partial charge in [0.2, 0.25) is 5.88 Å². The van der Waals surface area contributed by atoms with Crippen LogP contribution in [0.1, 0.15) is 45.5 Å². The summed E-state index contributed by atoms with van der Waals surface area (Å²) >= 11 is 0. The zero-order chi connectivity index (χ0) is 14.6. The molecule has 1 N–H and O–H groups in total. The monoisotopic (exact) mass is 263 g/mol. The summed E-state index contributed by atoms with van der Waals surface area (Å²) in [5, 5.41) is 3.10. The molecular formula is C15H25N3O. The van der Waals surface area contributed by atoms with E-state index in [0.717, 1.165) is 29.2 Å². The van der Waals surface area contributed by atoms with Crippen molar-refractivity contribution >= 4 is 5.82 Å². The number of hydrogen-bond donors (Lipinski definition) is 1.